The highest BCUT2D eigenvalue weighted by Gasteiger charge is 2.20. The van der Waals surface area contributed by atoms with Crippen molar-refractivity contribution in [3.05, 3.63) is 59.7 Å². The van der Waals surface area contributed by atoms with Gasteiger partial charge in [-0.25, -0.2) is 0 Å². The molecule has 6 nitrogen and oxygen atoms in total. The van der Waals surface area contributed by atoms with E-state index in [0.717, 1.165) is 21.9 Å². The second-order valence-corrected chi connectivity index (χ2v) is 8.15. The van der Waals surface area contributed by atoms with Gasteiger partial charge in [-0.1, -0.05) is 35.4 Å². The molecule has 0 aliphatic rings. The van der Waals surface area contributed by atoms with Crippen LogP contribution in [0.4, 0.5) is 0 Å². The minimum atomic E-state index is 0.0521. The van der Waals surface area contributed by atoms with Gasteiger partial charge in [-0.2, -0.15) is 0 Å². The topological polar surface area (TPSA) is 77.4 Å². The van der Waals surface area contributed by atoms with Crippen molar-refractivity contribution in [1.82, 2.24) is 0 Å². The molecule has 0 unspecified atom stereocenters. The first kappa shape index (κ1) is 23.7. The average Bonchev–Trinajstić information content (AvgIpc) is 2.82. The SMILES string of the molecule is CCOCOc1cc(-c2cc(OCOCC)c3cc(C)ccc3c2O)c(O)c2ccc(C)cc12. The Morgan fingerprint density at radius 1 is 0.588 bits per heavy atom. The van der Waals surface area contributed by atoms with E-state index in [1.807, 2.05) is 64.1 Å². The summed E-state index contributed by atoms with van der Waals surface area (Å²) >= 11 is 0. The van der Waals surface area contributed by atoms with Crippen LogP contribution in [0.25, 0.3) is 32.7 Å². The molecule has 0 aliphatic heterocycles. The van der Waals surface area contributed by atoms with Gasteiger partial charge in [0.1, 0.15) is 23.0 Å². The van der Waals surface area contributed by atoms with Crippen molar-refractivity contribution in [3.63, 3.8) is 0 Å². The highest BCUT2D eigenvalue weighted by atomic mass is 16.7. The van der Waals surface area contributed by atoms with E-state index in [4.69, 9.17) is 18.9 Å². The Morgan fingerprint density at radius 2 is 1.00 bits per heavy atom. The third-order valence-electron chi connectivity index (χ3n) is 5.75. The van der Waals surface area contributed by atoms with Crippen molar-refractivity contribution in [2.24, 2.45) is 0 Å². The number of aryl methyl sites for hydroxylation is 2. The highest BCUT2D eigenvalue weighted by molar-refractivity contribution is 6.04. The van der Waals surface area contributed by atoms with Crippen LogP contribution in [0.2, 0.25) is 0 Å². The summed E-state index contributed by atoms with van der Waals surface area (Å²) < 4.78 is 22.6. The monoisotopic (exact) mass is 462 g/mol. The predicted molar refractivity (Wildman–Crippen MR) is 134 cm³/mol. The molecule has 0 aliphatic carbocycles. The average molecular weight is 463 g/mol. The van der Waals surface area contributed by atoms with Crippen molar-refractivity contribution >= 4 is 21.5 Å². The van der Waals surface area contributed by atoms with E-state index in [0.29, 0.717) is 46.6 Å². The standard InChI is InChI=1S/C28H30O6/c1-5-31-15-33-25-13-23(27(29)19-9-7-17(3)11-21(19)25)24-14-26(34-16-32-6-2)22-12-18(4)8-10-20(22)28(24)30/h7-14,29-30H,5-6,15-16H2,1-4H3. The van der Waals surface area contributed by atoms with Gasteiger partial charge in [-0.3, -0.25) is 0 Å². The molecule has 4 aromatic carbocycles. The lowest BCUT2D eigenvalue weighted by atomic mass is 9.94. The molecule has 0 aromatic heterocycles. The van der Waals surface area contributed by atoms with E-state index in [2.05, 4.69) is 0 Å². The van der Waals surface area contributed by atoms with Crippen LogP contribution < -0.4 is 9.47 Å². The molecule has 0 saturated heterocycles. The largest absolute Gasteiger partial charge is 0.507 e. The second kappa shape index (κ2) is 10.2. The predicted octanol–water partition coefficient (Wildman–Crippen LogP) is 6.43. The molecule has 34 heavy (non-hydrogen) atoms. The summed E-state index contributed by atoms with van der Waals surface area (Å²) in [5.41, 5.74) is 2.95. The lowest BCUT2D eigenvalue weighted by Gasteiger charge is -2.18. The van der Waals surface area contributed by atoms with Crippen LogP contribution in [-0.4, -0.2) is 37.0 Å². The third-order valence-corrected chi connectivity index (χ3v) is 5.75. The minimum Gasteiger partial charge on any atom is -0.507 e. The summed E-state index contributed by atoms with van der Waals surface area (Å²) in [6.45, 7) is 8.95. The molecule has 0 saturated carbocycles. The Labute approximate surface area is 199 Å². The second-order valence-electron chi connectivity index (χ2n) is 8.15. The van der Waals surface area contributed by atoms with Gasteiger partial charge in [0.2, 0.25) is 0 Å². The maximum atomic E-state index is 11.3. The summed E-state index contributed by atoms with van der Waals surface area (Å²) in [5, 5.41) is 25.3. The van der Waals surface area contributed by atoms with Crippen molar-refractivity contribution < 1.29 is 29.2 Å². The van der Waals surface area contributed by atoms with E-state index in [1.165, 1.54) is 0 Å². The number of phenolic OH excluding ortho intramolecular Hbond substituents is 2. The van der Waals surface area contributed by atoms with Gasteiger partial charge in [0.25, 0.3) is 0 Å². The zero-order valence-corrected chi connectivity index (χ0v) is 20.0. The summed E-state index contributed by atoms with van der Waals surface area (Å²) in [6.07, 6.45) is 0. The lowest BCUT2D eigenvalue weighted by molar-refractivity contribution is 0.0230. The normalized spacial score (nSPS) is 11.3. The Kier molecular flexibility index (Phi) is 7.10. The van der Waals surface area contributed by atoms with Crippen LogP contribution in [-0.2, 0) is 9.47 Å². The molecular weight excluding hydrogens is 432 g/mol. The summed E-state index contributed by atoms with van der Waals surface area (Å²) in [5.74, 6) is 1.22. The first-order valence-electron chi connectivity index (χ1n) is 11.4. The number of fused-ring (bicyclic) bond motifs is 2. The van der Waals surface area contributed by atoms with Gasteiger partial charge in [0, 0.05) is 45.9 Å². The number of aromatic hydroxyl groups is 2. The van der Waals surface area contributed by atoms with Crippen LogP contribution >= 0.6 is 0 Å². The molecule has 178 valence electrons. The van der Waals surface area contributed by atoms with Crippen molar-refractivity contribution in [3.8, 4) is 34.1 Å². The maximum Gasteiger partial charge on any atom is 0.189 e. The van der Waals surface area contributed by atoms with Gasteiger partial charge < -0.3 is 29.2 Å². The molecule has 0 heterocycles. The van der Waals surface area contributed by atoms with E-state index >= 15 is 0 Å². The summed E-state index contributed by atoms with van der Waals surface area (Å²) in [6, 6.07) is 14.9. The molecule has 4 aromatic rings. The Balaban J connectivity index is 1.95. The quantitative estimate of drug-likeness (QED) is 0.220. The molecule has 2 N–H and O–H groups in total. The number of phenols is 2. The molecule has 6 heteroatoms. The van der Waals surface area contributed by atoms with Crippen LogP contribution in [0, 0.1) is 13.8 Å². The van der Waals surface area contributed by atoms with Crippen molar-refractivity contribution in [1.29, 1.82) is 0 Å². The fourth-order valence-corrected chi connectivity index (χ4v) is 4.01. The zero-order valence-electron chi connectivity index (χ0n) is 20.0. The third kappa shape index (κ3) is 4.60. The van der Waals surface area contributed by atoms with Gasteiger partial charge in [-0.15, -0.1) is 0 Å². The van der Waals surface area contributed by atoms with Crippen LogP contribution in [0.1, 0.15) is 25.0 Å². The Morgan fingerprint density at radius 3 is 1.38 bits per heavy atom. The van der Waals surface area contributed by atoms with E-state index in [1.54, 1.807) is 12.1 Å². The molecule has 0 bridgehead atoms. The molecular formula is C28H30O6. The fourth-order valence-electron chi connectivity index (χ4n) is 4.01. The van der Waals surface area contributed by atoms with Gasteiger partial charge in [0.05, 0.1) is 0 Å². The molecule has 0 radical (unpaired) electrons. The van der Waals surface area contributed by atoms with E-state index < -0.39 is 0 Å². The molecule has 0 spiro atoms. The molecule has 0 amide bonds. The Hall–Kier alpha value is -3.48. The van der Waals surface area contributed by atoms with Gasteiger partial charge >= 0.3 is 0 Å². The van der Waals surface area contributed by atoms with Crippen LogP contribution in [0.15, 0.2) is 48.5 Å². The van der Waals surface area contributed by atoms with E-state index in [9.17, 15) is 10.2 Å². The highest BCUT2D eigenvalue weighted by Crippen LogP contribution is 2.48. The molecule has 0 atom stereocenters. The maximum absolute atomic E-state index is 11.3. The Bertz CT molecular complexity index is 1230. The minimum absolute atomic E-state index is 0.0521. The number of hydrogen-bond acceptors (Lipinski definition) is 6. The zero-order chi connectivity index (χ0) is 24.2. The summed E-state index contributed by atoms with van der Waals surface area (Å²) in [4.78, 5) is 0. The van der Waals surface area contributed by atoms with E-state index in [-0.39, 0.29) is 25.1 Å². The first-order valence-corrected chi connectivity index (χ1v) is 11.4. The van der Waals surface area contributed by atoms with Gasteiger partial charge in [-0.05, 0) is 52.0 Å². The number of ether oxygens (including phenoxy) is 4. The van der Waals surface area contributed by atoms with Crippen molar-refractivity contribution in [2.75, 3.05) is 26.8 Å². The van der Waals surface area contributed by atoms with Crippen molar-refractivity contribution in [2.45, 2.75) is 27.7 Å². The molecule has 0 fully saturated rings. The molecule has 4 rings (SSSR count). The number of benzene rings is 4. The fraction of sp³-hybridized carbons (Fsp3) is 0.286. The number of rotatable bonds is 9. The smallest absolute Gasteiger partial charge is 0.189 e. The summed E-state index contributed by atoms with van der Waals surface area (Å²) in [7, 11) is 0. The van der Waals surface area contributed by atoms with Crippen LogP contribution in [0.5, 0.6) is 23.0 Å². The first-order chi connectivity index (χ1) is 16.4. The van der Waals surface area contributed by atoms with Crippen LogP contribution in [0.3, 0.4) is 0 Å². The van der Waals surface area contributed by atoms with Gasteiger partial charge in [0.15, 0.2) is 13.6 Å². The lowest BCUT2D eigenvalue weighted by Crippen LogP contribution is -2.04. The number of hydrogen-bond donors (Lipinski definition) is 2.